The van der Waals surface area contributed by atoms with Crippen LogP contribution >= 0.6 is 0 Å². The molecule has 0 aromatic rings. The Morgan fingerprint density at radius 2 is 1.11 bits per heavy atom. The van der Waals surface area contributed by atoms with Crippen molar-refractivity contribution in [3.8, 4) is 0 Å². The average molecular weight is 523 g/mol. The second-order valence-electron chi connectivity index (χ2n) is 11.4. The Labute approximate surface area is 232 Å². The molecule has 0 bridgehead atoms. The van der Waals surface area contributed by atoms with Gasteiger partial charge in [-0.25, -0.2) is 0 Å². The molecule has 0 spiro atoms. The molecule has 0 fully saturated rings. The molecule has 0 aromatic heterocycles. The quantitative estimate of drug-likeness (QED) is 0.0603. The van der Waals surface area contributed by atoms with Crippen LogP contribution < -0.4 is 0 Å². The molecule has 0 aromatic carbocycles. The zero-order valence-corrected chi connectivity index (χ0v) is 25.5. The summed E-state index contributed by atoms with van der Waals surface area (Å²) in [4.78, 5) is 12.2. The highest BCUT2D eigenvalue weighted by Crippen LogP contribution is 2.16. The number of hydrogen-bond donors (Lipinski definition) is 1. The lowest BCUT2D eigenvalue weighted by Gasteiger charge is -2.16. The molecular formula is C34H66O3. The first kappa shape index (κ1) is 36.2. The van der Waals surface area contributed by atoms with E-state index in [9.17, 15) is 9.90 Å². The minimum absolute atomic E-state index is 0.00566. The van der Waals surface area contributed by atoms with E-state index >= 15 is 0 Å². The van der Waals surface area contributed by atoms with Crippen LogP contribution in [0.5, 0.6) is 0 Å². The predicted molar refractivity (Wildman–Crippen MR) is 162 cm³/mol. The van der Waals surface area contributed by atoms with Gasteiger partial charge in [-0.15, -0.1) is 0 Å². The molecule has 0 amide bonds. The largest absolute Gasteiger partial charge is 0.462 e. The lowest BCUT2D eigenvalue weighted by Crippen LogP contribution is -2.17. The fourth-order valence-electron chi connectivity index (χ4n) is 4.99. The first-order valence-corrected chi connectivity index (χ1v) is 16.7. The molecule has 220 valence electrons. The van der Waals surface area contributed by atoms with E-state index in [1.807, 2.05) is 0 Å². The molecule has 2 atom stereocenters. The van der Waals surface area contributed by atoms with Gasteiger partial charge in [-0.2, -0.15) is 0 Å². The number of esters is 1. The molecular weight excluding hydrogens is 456 g/mol. The molecule has 0 saturated carbocycles. The second-order valence-corrected chi connectivity index (χ2v) is 11.4. The van der Waals surface area contributed by atoms with E-state index in [4.69, 9.17) is 4.74 Å². The van der Waals surface area contributed by atoms with Crippen LogP contribution in [0.15, 0.2) is 12.2 Å². The summed E-state index contributed by atoms with van der Waals surface area (Å²) in [5, 5.41) is 9.99. The van der Waals surface area contributed by atoms with E-state index in [0.717, 1.165) is 51.4 Å². The van der Waals surface area contributed by atoms with Crippen LogP contribution in [-0.4, -0.2) is 23.3 Å². The van der Waals surface area contributed by atoms with Crippen LogP contribution in [0.4, 0.5) is 0 Å². The Bertz CT molecular complexity index is 487. The third-order valence-corrected chi connectivity index (χ3v) is 7.60. The van der Waals surface area contributed by atoms with Gasteiger partial charge in [0.05, 0.1) is 6.10 Å². The highest BCUT2D eigenvalue weighted by Gasteiger charge is 2.12. The molecule has 0 aliphatic heterocycles. The van der Waals surface area contributed by atoms with Gasteiger partial charge >= 0.3 is 5.97 Å². The number of unbranched alkanes of at least 4 members (excludes halogenated alkanes) is 18. The zero-order valence-electron chi connectivity index (χ0n) is 25.5. The summed E-state index contributed by atoms with van der Waals surface area (Å²) in [6, 6.07) is 0. The van der Waals surface area contributed by atoms with Gasteiger partial charge in [-0.3, -0.25) is 4.79 Å². The van der Waals surface area contributed by atoms with Gasteiger partial charge in [0.2, 0.25) is 0 Å². The lowest BCUT2D eigenvalue weighted by molar-refractivity contribution is -0.149. The van der Waals surface area contributed by atoms with E-state index in [0.29, 0.717) is 6.42 Å². The Morgan fingerprint density at radius 1 is 0.622 bits per heavy atom. The summed E-state index contributed by atoms with van der Waals surface area (Å²) >= 11 is 0. The van der Waals surface area contributed by atoms with E-state index in [2.05, 4.69) is 32.9 Å². The molecule has 0 saturated heterocycles. The summed E-state index contributed by atoms with van der Waals surface area (Å²) in [6.45, 7) is 6.63. The Kier molecular flexibility index (Phi) is 29.1. The standard InChI is InChI=1S/C34H66O3/c1-4-7-9-11-12-13-14-15-19-22-26-30-33(6-3)37-34(36)31-27-23-20-17-16-18-21-25-29-32(35)28-24-10-8-5-2/h21,25,32-33,35H,4-20,22-24,26-31H2,1-3H3/t32-,33?/m1/s1. The third-order valence-electron chi connectivity index (χ3n) is 7.60. The topological polar surface area (TPSA) is 46.5 Å². The number of aliphatic hydroxyl groups excluding tert-OH is 1. The Balaban J connectivity index is 3.52. The van der Waals surface area contributed by atoms with Gasteiger partial charge in [0.15, 0.2) is 0 Å². The average Bonchev–Trinajstić information content (AvgIpc) is 2.90. The highest BCUT2D eigenvalue weighted by atomic mass is 16.5. The molecule has 37 heavy (non-hydrogen) atoms. The Hall–Kier alpha value is -0.830. The molecule has 0 aliphatic rings. The summed E-state index contributed by atoms with van der Waals surface area (Å²) in [5.41, 5.74) is 0. The van der Waals surface area contributed by atoms with Crippen LogP contribution in [0.2, 0.25) is 0 Å². The molecule has 0 aliphatic carbocycles. The summed E-state index contributed by atoms with van der Waals surface area (Å²) in [7, 11) is 0. The van der Waals surface area contributed by atoms with Gasteiger partial charge < -0.3 is 9.84 Å². The summed E-state index contributed by atoms with van der Waals surface area (Å²) in [5.74, 6) is 0.00566. The van der Waals surface area contributed by atoms with E-state index in [1.165, 1.54) is 109 Å². The molecule has 0 rings (SSSR count). The maximum absolute atomic E-state index is 12.2. The predicted octanol–water partition coefficient (Wildman–Crippen LogP) is 11.0. The van der Waals surface area contributed by atoms with Crippen molar-refractivity contribution in [2.45, 2.75) is 200 Å². The molecule has 3 nitrogen and oxygen atoms in total. The smallest absolute Gasteiger partial charge is 0.306 e. The Morgan fingerprint density at radius 3 is 1.70 bits per heavy atom. The highest BCUT2D eigenvalue weighted by molar-refractivity contribution is 5.69. The van der Waals surface area contributed by atoms with Gasteiger partial charge in [-0.1, -0.05) is 142 Å². The van der Waals surface area contributed by atoms with Crippen molar-refractivity contribution in [3.63, 3.8) is 0 Å². The van der Waals surface area contributed by atoms with E-state index in [-0.39, 0.29) is 18.2 Å². The molecule has 3 heteroatoms. The van der Waals surface area contributed by atoms with Crippen molar-refractivity contribution < 1.29 is 14.6 Å². The number of hydrogen-bond acceptors (Lipinski definition) is 3. The normalized spacial score (nSPS) is 13.3. The van der Waals surface area contributed by atoms with E-state index in [1.54, 1.807) is 0 Å². The van der Waals surface area contributed by atoms with Crippen molar-refractivity contribution >= 4 is 5.97 Å². The number of ether oxygens (including phenoxy) is 1. The molecule has 0 heterocycles. The fourth-order valence-corrected chi connectivity index (χ4v) is 4.99. The summed E-state index contributed by atoms with van der Waals surface area (Å²) in [6.07, 6.45) is 35.2. The van der Waals surface area contributed by atoms with Crippen molar-refractivity contribution in [2.75, 3.05) is 0 Å². The number of allylic oxidation sites excluding steroid dienone is 1. The maximum Gasteiger partial charge on any atom is 0.306 e. The van der Waals surface area contributed by atoms with Gasteiger partial charge in [0.25, 0.3) is 0 Å². The van der Waals surface area contributed by atoms with Gasteiger partial charge in [0, 0.05) is 6.42 Å². The number of rotatable bonds is 29. The van der Waals surface area contributed by atoms with Gasteiger partial charge in [0.1, 0.15) is 6.10 Å². The van der Waals surface area contributed by atoms with E-state index < -0.39 is 0 Å². The minimum Gasteiger partial charge on any atom is -0.462 e. The van der Waals surface area contributed by atoms with Crippen molar-refractivity contribution in [2.24, 2.45) is 0 Å². The monoisotopic (exact) mass is 523 g/mol. The maximum atomic E-state index is 12.2. The van der Waals surface area contributed by atoms with Crippen LogP contribution in [0.3, 0.4) is 0 Å². The SMILES string of the molecule is CCCCCCCCCCCCCC(CC)OC(=O)CCCCCCCC=CC[C@H](O)CCCCCC. The van der Waals surface area contributed by atoms with Crippen LogP contribution in [0, 0.1) is 0 Å². The summed E-state index contributed by atoms with van der Waals surface area (Å²) < 4.78 is 5.75. The van der Waals surface area contributed by atoms with Gasteiger partial charge in [-0.05, 0) is 51.4 Å². The van der Waals surface area contributed by atoms with Crippen molar-refractivity contribution in [1.82, 2.24) is 0 Å². The van der Waals surface area contributed by atoms with Crippen LogP contribution in [0.25, 0.3) is 0 Å². The van der Waals surface area contributed by atoms with Crippen LogP contribution in [0.1, 0.15) is 188 Å². The molecule has 1 N–H and O–H groups in total. The zero-order chi connectivity index (χ0) is 27.2. The lowest BCUT2D eigenvalue weighted by atomic mass is 10.0. The molecule has 1 unspecified atom stereocenters. The number of carbonyl (C=O) groups is 1. The number of aliphatic hydroxyl groups is 1. The first-order chi connectivity index (χ1) is 18.1. The van der Waals surface area contributed by atoms with Crippen molar-refractivity contribution in [1.29, 1.82) is 0 Å². The van der Waals surface area contributed by atoms with Crippen LogP contribution in [-0.2, 0) is 9.53 Å². The van der Waals surface area contributed by atoms with Crippen molar-refractivity contribution in [3.05, 3.63) is 12.2 Å². The minimum atomic E-state index is -0.167. The first-order valence-electron chi connectivity index (χ1n) is 16.7. The fraction of sp³-hybridized carbons (Fsp3) is 0.912. The second kappa shape index (κ2) is 29.7. The third kappa shape index (κ3) is 28.0. The molecule has 0 radical (unpaired) electrons. The number of carbonyl (C=O) groups excluding carboxylic acids is 1.